The van der Waals surface area contributed by atoms with Gasteiger partial charge in [0.15, 0.2) is 0 Å². The van der Waals surface area contributed by atoms with Gasteiger partial charge < -0.3 is 40.3 Å². The first-order valence-corrected chi connectivity index (χ1v) is 8.98. The van der Waals surface area contributed by atoms with Crippen LogP contribution in [-0.4, -0.2) is 32.6 Å². The minimum atomic E-state index is 0. The fourth-order valence-electron chi connectivity index (χ4n) is 3.19. The Labute approximate surface area is 170 Å². The molecule has 6 heteroatoms. The van der Waals surface area contributed by atoms with Gasteiger partial charge in [-0.25, -0.2) is 0 Å². The standard InChI is InChI=1S/C20H31N3O.2ClH/c1-4-5-14-21-18-10-8-17(9-11-18)20(24)22-15-16-6-12-19(13-7-16)23(2)3;;/h4,6-7,12-13,17-18,21H,1,5,8-11,14-15H2,2-3H3,(H,22,24);2*1H/p-2. The van der Waals surface area contributed by atoms with Crippen LogP contribution in [0.3, 0.4) is 0 Å². The lowest BCUT2D eigenvalue weighted by molar-refractivity contribution is -0.126. The molecule has 1 fully saturated rings. The van der Waals surface area contributed by atoms with E-state index in [9.17, 15) is 4.79 Å². The molecule has 2 rings (SSSR count). The molecule has 1 saturated carbocycles. The molecule has 0 heterocycles. The van der Waals surface area contributed by atoms with Gasteiger partial charge in [0.1, 0.15) is 0 Å². The average Bonchev–Trinajstić information content (AvgIpc) is 2.61. The number of benzene rings is 1. The molecule has 0 bridgehead atoms. The van der Waals surface area contributed by atoms with Gasteiger partial charge in [-0.05, 0) is 56.3 Å². The SMILES string of the molecule is C=CCCNC1CCC(C(=O)NCc2ccc(N(C)C)cc2)CC1.[Cl-].[Cl-]. The third kappa shape index (κ3) is 7.98. The molecule has 4 nitrogen and oxygen atoms in total. The first-order valence-electron chi connectivity index (χ1n) is 8.98. The lowest BCUT2D eigenvalue weighted by Gasteiger charge is -2.28. The Hall–Kier alpha value is -1.23. The summed E-state index contributed by atoms with van der Waals surface area (Å²) in [5.74, 6) is 0.375. The average molecular weight is 400 g/mol. The van der Waals surface area contributed by atoms with Crippen LogP contribution < -0.4 is 40.3 Å². The van der Waals surface area contributed by atoms with Gasteiger partial charge in [0.05, 0.1) is 0 Å². The summed E-state index contributed by atoms with van der Waals surface area (Å²) in [5.41, 5.74) is 2.32. The van der Waals surface area contributed by atoms with Crippen molar-refractivity contribution in [2.24, 2.45) is 5.92 Å². The second-order valence-corrected chi connectivity index (χ2v) is 6.86. The molecule has 1 aromatic rings. The summed E-state index contributed by atoms with van der Waals surface area (Å²) < 4.78 is 0. The summed E-state index contributed by atoms with van der Waals surface area (Å²) in [6.45, 7) is 5.35. The number of rotatable bonds is 8. The zero-order valence-corrected chi connectivity index (χ0v) is 17.3. The molecule has 148 valence electrons. The number of carbonyl (C=O) groups excluding carboxylic acids is 1. The fraction of sp³-hybridized carbons (Fsp3) is 0.550. The highest BCUT2D eigenvalue weighted by molar-refractivity contribution is 5.78. The molecule has 2 N–H and O–H groups in total. The molecule has 1 aromatic carbocycles. The van der Waals surface area contributed by atoms with Gasteiger partial charge in [-0.3, -0.25) is 4.79 Å². The van der Waals surface area contributed by atoms with Crippen LogP contribution in [-0.2, 0) is 11.3 Å². The van der Waals surface area contributed by atoms with Crippen molar-refractivity contribution < 1.29 is 29.6 Å². The topological polar surface area (TPSA) is 44.4 Å². The van der Waals surface area contributed by atoms with Crippen LogP contribution in [0.5, 0.6) is 0 Å². The molecule has 1 aliphatic rings. The molecule has 1 aliphatic carbocycles. The quantitative estimate of drug-likeness (QED) is 0.364. The smallest absolute Gasteiger partial charge is 0.223 e. The van der Waals surface area contributed by atoms with E-state index < -0.39 is 0 Å². The van der Waals surface area contributed by atoms with Crippen molar-refractivity contribution >= 4 is 11.6 Å². The monoisotopic (exact) mass is 399 g/mol. The lowest BCUT2D eigenvalue weighted by atomic mass is 9.85. The Balaban J connectivity index is 0.00000312. The van der Waals surface area contributed by atoms with E-state index in [2.05, 4.69) is 46.4 Å². The van der Waals surface area contributed by atoms with E-state index in [0.717, 1.165) is 44.2 Å². The molecule has 0 saturated heterocycles. The maximum Gasteiger partial charge on any atom is 0.223 e. The van der Waals surface area contributed by atoms with Gasteiger partial charge >= 0.3 is 0 Å². The van der Waals surface area contributed by atoms with Gasteiger partial charge in [0, 0.05) is 38.3 Å². The Morgan fingerprint density at radius 2 is 1.77 bits per heavy atom. The van der Waals surface area contributed by atoms with Crippen LogP contribution in [0, 0.1) is 5.92 Å². The van der Waals surface area contributed by atoms with Crippen LogP contribution >= 0.6 is 0 Å². The zero-order valence-electron chi connectivity index (χ0n) is 15.8. The van der Waals surface area contributed by atoms with Crippen molar-refractivity contribution in [1.82, 2.24) is 10.6 Å². The molecule has 0 aromatic heterocycles. The summed E-state index contributed by atoms with van der Waals surface area (Å²) in [6.07, 6.45) is 7.10. The molecular formula is C20H31Cl2N3O-2. The molecule has 0 radical (unpaired) electrons. The molecule has 1 amide bonds. The summed E-state index contributed by atoms with van der Waals surface area (Å²) in [6, 6.07) is 8.89. The maximum absolute atomic E-state index is 12.4. The Kier molecular flexibility index (Phi) is 12.4. The number of nitrogens with one attached hydrogen (secondary N) is 2. The van der Waals surface area contributed by atoms with E-state index >= 15 is 0 Å². The van der Waals surface area contributed by atoms with Crippen molar-refractivity contribution in [3.63, 3.8) is 0 Å². The molecule has 0 spiro atoms. The van der Waals surface area contributed by atoms with E-state index in [1.165, 1.54) is 5.69 Å². The third-order valence-electron chi connectivity index (χ3n) is 4.80. The van der Waals surface area contributed by atoms with Crippen molar-refractivity contribution in [3.05, 3.63) is 42.5 Å². The Morgan fingerprint density at radius 1 is 1.15 bits per heavy atom. The lowest BCUT2D eigenvalue weighted by Crippen LogP contribution is -3.00. The minimum Gasteiger partial charge on any atom is -1.00 e. The van der Waals surface area contributed by atoms with Crippen molar-refractivity contribution in [3.8, 4) is 0 Å². The molecular weight excluding hydrogens is 369 g/mol. The number of nitrogens with zero attached hydrogens (tertiary/aromatic N) is 1. The summed E-state index contributed by atoms with van der Waals surface area (Å²) in [5, 5.41) is 6.65. The normalized spacial score (nSPS) is 18.8. The van der Waals surface area contributed by atoms with Gasteiger partial charge in [-0.15, -0.1) is 6.58 Å². The number of anilines is 1. The van der Waals surface area contributed by atoms with Crippen LogP contribution in [0.2, 0.25) is 0 Å². The van der Waals surface area contributed by atoms with E-state index in [4.69, 9.17) is 0 Å². The van der Waals surface area contributed by atoms with Gasteiger partial charge in [0.2, 0.25) is 5.91 Å². The van der Waals surface area contributed by atoms with E-state index in [0.29, 0.717) is 12.6 Å². The number of amides is 1. The van der Waals surface area contributed by atoms with Gasteiger partial charge in [0.25, 0.3) is 0 Å². The van der Waals surface area contributed by atoms with E-state index in [-0.39, 0.29) is 36.6 Å². The Bertz CT molecular complexity index is 526. The van der Waals surface area contributed by atoms with Crippen molar-refractivity contribution in [1.29, 1.82) is 0 Å². The first kappa shape index (κ1) is 24.8. The third-order valence-corrected chi connectivity index (χ3v) is 4.80. The highest BCUT2D eigenvalue weighted by atomic mass is 35.5. The summed E-state index contributed by atoms with van der Waals surface area (Å²) in [7, 11) is 4.05. The highest BCUT2D eigenvalue weighted by Gasteiger charge is 2.25. The Morgan fingerprint density at radius 3 is 2.31 bits per heavy atom. The number of halogens is 2. The summed E-state index contributed by atoms with van der Waals surface area (Å²) in [4.78, 5) is 14.4. The van der Waals surface area contributed by atoms with Crippen molar-refractivity contribution in [2.75, 3.05) is 25.5 Å². The van der Waals surface area contributed by atoms with Crippen LogP contribution in [0.4, 0.5) is 5.69 Å². The number of hydrogen-bond donors (Lipinski definition) is 2. The fourth-order valence-corrected chi connectivity index (χ4v) is 3.19. The van der Waals surface area contributed by atoms with Crippen LogP contribution in [0.1, 0.15) is 37.7 Å². The van der Waals surface area contributed by atoms with Gasteiger partial charge in [-0.2, -0.15) is 0 Å². The van der Waals surface area contributed by atoms with Gasteiger partial charge in [-0.1, -0.05) is 18.2 Å². The highest BCUT2D eigenvalue weighted by Crippen LogP contribution is 2.24. The minimum absolute atomic E-state index is 0. The largest absolute Gasteiger partial charge is 1.00 e. The second-order valence-electron chi connectivity index (χ2n) is 6.86. The van der Waals surface area contributed by atoms with E-state index in [1.807, 2.05) is 20.2 Å². The van der Waals surface area contributed by atoms with Crippen LogP contribution in [0.15, 0.2) is 36.9 Å². The number of carbonyl (C=O) groups is 1. The maximum atomic E-state index is 12.4. The molecule has 0 aliphatic heterocycles. The van der Waals surface area contributed by atoms with Crippen LogP contribution in [0.25, 0.3) is 0 Å². The van der Waals surface area contributed by atoms with Crippen molar-refractivity contribution in [2.45, 2.75) is 44.7 Å². The second kappa shape index (κ2) is 13.0. The molecule has 0 atom stereocenters. The van der Waals surface area contributed by atoms with E-state index in [1.54, 1.807) is 0 Å². The number of hydrogen-bond acceptors (Lipinski definition) is 3. The predicted octanol–water partition coefficient (Wildman–Crippen LogP) is -2.90. The summed E-state index contributed by atoms with van der Waals surface area (Å²) >= 11 is 0. The zero-order chi connectivity index (χ0) is 17.4. The molecule has 26 heavy (non-hydrogen) atoms. The first-order chi connectivity index (χ1) is 11.6. The molecule has 0 unspecified atom stereocenters. The predicted molar refractivity (Wildman–Crippen MR) is 101 cm³/mol.